The first kappa shape index (κ1) is 25.0. The summed E-state index contributed by atoms with van der Waals surface area (Å²) < 4.78 is 0. The van der Waals surface area contributed by atoms with Crippen molar-refractivity contribution < 1.29 is 19.2 Å². The quantitative estimate of drug-likeness (QED) is 0.621. The van der Waals surface area contributed by atoms with Crippen molar-refractivity contribution in [3.63, 3.8) is 0 Å². The first-order valence-corrected chi connectivity index (χ1v) is 11.8. The molecule has 8 heteroatoms. The van der Waals surface area contributed by atoms with Gasteiger partial charge in [-0.1, -0.05) is 38.1 Å². The highest BCUT2D eigenvalue weighted by molar-refractivity contribution is 6.05. The summed E-state index contributed by atoms with van der Waals surface area (Å²) in [6, 6.07) is 14.0. The van der Waals surface area contributed by atoms with Gasteiger partial charge < -0.3 is 20.4 Å². The average molecular weight is 465 g/mol. The van der Waals surface area contributed by atoms with Gasteiger partial charge in [0, 0.05) is 39.0 Å². The van der Waals surface area contributed by atoms with Crippen LogP contribution >= 0.6 is 0 Å². The van der Waals surface area contributed by atoms with Gasteiger partial charge in [-0.25, -0.2) is 0 Å². The number of para-hydroxylation sites is 2. The molecule has 0 unspecified atom stereocenters. The van der Waals surface area contributed by atoms with Crippen LogP contribution in [0.15, 0.2) is 48.5 Å². The molecular weight excluding hydrogens is 432 g/mol. The molecule has 0 radical (unpaired) electrons. The molecule has 2 N–H and O–H groups in total. The molecule has 2 aromatic rings. The van der Waals surface area contributed by atoms with Crippen LogP contribution < -0.4 is 10.6 Å². The summed E-state index contributed by atoms with van der Waals surface area (Å²) >= 11 is 0. The van der Waals surface area contributed by atoms with Crippen molar-refractivity contribution in [3.8, 4) is 0 Å². The third-order valence-corrected chi connectivity index (χ3v) is 5.67. The molecule has 8 nitrogen and oxygen atoms in total. The van der Waals surface area contributed by atoms with E-state index >= 15 is 0 Å². The number of hydrogen-bond acceptors (Lipinski definition) is 4. The number of amides is 4. The van der Waals surface area contributed by atoms with Gasteiger partial charge in [0.1, 0.15) is 0 Å². The van der Waals surface area contributed by atoms with Crippen LogP contribution in [0.1, 0.15) is 60.2 Å². The third-order valence-electron chi connectivity index (χ3n) is 5.67. The van der Waals surface area contributed by atoms with E-state index in [4.69, 9.17) is 0 Å². The average Bonchev–Trinajstić information content (AvgIpc) is 2.84. The van der Waals surface area contributed by atoms with E-state index in [0.717, 1.165) is 12.8 Å². The molecule has 0 aliphatic carbocycles. The van der Waals surface area contributed by atoms with Gasteiger partial charge >= 0.3 is 0 Å². The molecule has 0 atom stereocenters. The number of carbonyl (C=O) groups is 4. The standard InChI is InChI=1S/C26H32N4O4/c1-3-9-23(31)27-21-13-7-5-11-19(21)25(33)29-15-17-30(18-16-29)26(34)20-12-6-8-14-22(20)28-24(32)10-4-2/h5-8,11-14H,3-4,9-10,15-18H2,1-2H3,(H,27,31)(H,28,32). The van der Waals surface area contributed by atoms with Crippen molar-refractivity contribution in [3.05, 3.63) is 59.7 Å². The normalized spacial score (nSPS) is 13.4. The second-order valence-electron chi connectivity index (χ2n) is 8.27. The fraction of sp³-hybridized carbons (Fsp3) is 0.385. The Morgan fingerprint density at radius 3 is 1.35 bits per heavy atom. The summed E-state index contributed by atoms with van der Waals surface area (Å²) in [5.74, 6) is -0.593. The maximum atomic E-state index is 13.2. The van der Waals surface area contributed by atoms with E-state index < -0.39 is 0 Å². The number of nitrogens with one attached hydrogen (secondary N) is 2. The van der Waals surface area contributed by atoms with Crippen LogP contribution in [0.4, 0.5) is 11.4 Å². The molecule has 0 saturated carbocycles. The highest BCUT2D eigenvalue weighted by Gasteiger charge is 2.28. The van der Waals surface area contributed by atoms with E-state index in [2.05, 4.69) is 10.6 Å². The molecule has 180 valence electrons. The van der Waals surface area contributed by atoms with E-state index in [1.807, 2.05) is 13.8 Å². The molecule has 2 aromatic carbocycles. The first-order chi connectivity index (χ1) is 16.4. The number of benzene rings is 2. The highest BCUT2D eigenvalue weighted by Crippen LogP contribution is 2.21. The van der Waals surface area contributed by atoms with Crippen LogP contribution in [0.5, 0.6) is 0 Å². The first-order valence-electron chi connectivity index (χ1n) is 11.8. The molecule has 0 spiro atoms. The number of hydrogen-bond donors (Lipinski definition) is 2. The maximum Gasteiger partial charge on any atom is 0.256 e. The molecule has 4 amide bonds. The highest BCUT2D eigenvalue weighted by atomic mass is 16.2. The summed E-state index contributed by atoms with van der Waals surface area (Å²) in [5.41, 5.74) is 1.88. The predicted molar refractivity (Wildman–Crippen MR) is 132 cm³/mol. The Hall–Kier alpha value is -3.68. The van der Waals surface area contributed by atoms with Crippen molar-refractivity contribution in [2.24, 2.45) is 0 Å². The molecular formula is C26H32N4O4. The SMILES string of the molecule is CCCC(=O)Nc1ccccc1C(=O)N1CCN(C(=O)c2ccccc2NC(=O)CCC)CC1. The Kier molecular flexibility index (Phi) is 8.79. The van der Waals surface area contributed by atoms with Gasteiger partial charge in [0.05, 0.1) is 22.5 Å². The topological polar surface area (TPSA) is 98.8 Å². The Labute approximate surface area is 200 Å². The minimum absolute atomic E-state index is 0.122. The third kappa shape index (κ3) is 6.21. The summed E-state index contributed by atoms with van der Waals surface area (Å²) in [6.45, 7) is 5.38. The van der Waals surface area contributed by atoms with E-state index in [9.17, 15) is 19.2 Å². The van der Waals surface area contributed by atoms with Gasteiger partial charge in [-0.3, -0.25) is 19.2 Å². The van der Waals surface area contributed by atoms with Crippen molar-refractivity contribution in [2.75, 3.05) is 36.8 Å². The second kappa shape index (κ2) is 12.0. The maximum absolute atomic E-state index is 13.2. The van der Waals surface area contributed by atoms with Crippen LogP contribution in [0, 0.1) is 0 Å². The smallest absolute Gasteiger partial charge is 0.256 e. The fourth-order valence-electron chi connectivity index (χ4n) is 3.89. The van der Waals surface area contributed by atoms with Crippen LogP contribution in [0.3, 0.4) is 0 Å². The van der Waals surface area contributed by atoms with Crippen molar-refractivity contribution in [1.82, 2.24) is 9.80 Å². The fourth-order valence-corrected chi connectivity index (χ4v) is 3.89. The number of nitrogens with zero attached hydrogens (tertiary/aromatic N) is 2. The Balaban J connectivity index is 1.65. The lowest BCUT2D eigenvalue weighted by Crippen LogP contribution is -2.50. The number of piperazine rings is 1. The minimum Gasteiger partial charge on any atom is -0.335 e. The predicted octanol–water partition coefficient (Wildman–Crippen LogP) is 3.76. The largest absolute Gasteiger partial charge is 0.335 e. The zero-order valence-corrected chi connectivity index (χ0v) is 19.8. The lowest BCUT2D eigenvalue weighted by atomic mass is 10.1. The van der Waals surface area contributed by atoms with Gasteiger partial charge in [0.15, 0.2) is 0 Å². The Bertz CT molecular complexity index is 961. The summed E-state index contributed by atoms with van der Waals surface area (Å²) in [5, 5.41) is 5.65. The van der Waals surface area contributed by atoms with E-state index in [1.54, 1.807) is 58.3 Å². The molecule has 1 fully saturated rings. The van der Waals surface area contributed by atoms with Gasteiger partial charge in [-0.2, -0.15) is 0 Å². The Morgan fingerprint density at radius 2 is 1.00 bits per heavy atom. The van der Waals surface area contributed by atoms with Gasteiger partial charge in [-0.15, -0.1) is 0 Å². The van der Waals surface area contributed by atoms with Crippen LogP contribution in [-0.2, 0) is 9.59 Å². The number of carbonyl (C=O) groups excluding carboxylic acids is 4. The molecule has 1 aliphatic rings. The lowest BCUT2D eigenvalue weighted by Gasteiger charge is -2.35. The van der Waals surface area contributed by atoms with Crippen molar-refractivity contribution in [1.29, 1.82) is 0 Å². The zero-order valence-electron chi connectivity index (χ0n) is 19.8. The van der Waals surface area contributed by atoms with E-state index in [-0.39, 0.29) is 23.6 Å². The van der Waals surface area contributed by atoms with Crippen molar-refractivity contribution in [2.45, 2.75) is 39.5 Å². The zero-order chi connectivity index (χ0) is 24.5. The summed E-state index contributed by atoms with van der Waals surface area (Å²) in [7, 11) is 0. The molecule has 34 heavy (non-hydrogen) atoms. The number of anilines is 2. The minimum atomic E-state index is -0.174. The summed E-state index contributed by atoms with van der Waals surface area (Å²) in [6.07, 6.45) is 2.24. The lowest BCUT2D eigenvalue weighted by molar-refractivity contribution is -0.117. The van der Waals surface area contributed by atoms with Gasteiger partial charge in [-0.05, 0) is 37.1 Å². The van der Waals surface area contributed by atoms with Crippen LogP contribution in [-0.4, -0.2) is 59.6 Å². The molecule has 1 heterocycles. The molecule has 1 saturated heterocycles. The van der Waals surface area contributed by atoms with Gasteiger partial charge in [0.25, 0.3) is 11.8 Å². The van der Waals surface area contributed by atoms with E-state index in [1.165, 1.54) is 0 Å². The molecule has 0 aromatic heterocycles. The molecule has 3 rings (SSSR count). The van der Waals surface area contributed by atoms with E-state index in [0.29, 0.717) is 61.5 Å². The van der Waals surface area contributed by atoms with Gasteiger partial charge in [0.2, 0.25) is 11.8 Å². The summed E-state index contributed by atoms with van der Waals surface area (Å²) in [4.78, 5) is 53.8. The molecule has 0 bridgehead atoms. The number of rotatable bonds is 8. The second-order valence-corrected chi connectivity index (χ2v) is 8.27. The van der Waals surface area contributed by atoms with Crippen LogP contribution in [0.2, 0.25) is 0 Å². The van der Waals surface area contributed by atoms with Crippen LogP contribution in [0.25, 0.3) is 0 Å². The molecule has 1 aliphatic heterocycles. The Morgan fingerprint density at radius 1 is 0.647 bits per heavy atom. The monoisotopic (exact) mass is 464 g/mol. The van der Waals surface area contributed by atoms with Crippen molar-refractivity contribution >= 4 is 35.0 Å².